The molecule has 0 aromatic heterocycles. The van der Waals surface area contributed by atoms with E-state index in [2.05, 4.69) is 6.58 Å². The summed E-state index contributed by atoms with van der Waals surface area (Å²) < 4.78 is 6.59. The summed E-state index contributed by atoms with van der Waals surface area (Å²) in [6, 6.07) is 23.2. The summed E-state index contributed by atoms with van der Waals surface area (Å²) >= 11 is 6.10. The van der Waals surface area contributed by atoms with Crippen LogP contribution in [0.3, 0.4) is 0 Å². The van der Waals surface area contributed by atoms with Crippen LogP contribution in [0.5, 0.6) is 5.75 Å². The third-order valence-corrected chi connectivity index (χ3v) is 6.60. The van der Waals surface area contributed by atoms with Gasteiger partial charge in [0.2, 0.25) is 0 Å². The molecule has 0 aliphatic carbocycles. The lowest BCUT2D eigenvalue weighted by atomic mass is 9.92. The van der Waals surface area contributed by atoms with Gasteiger partial charge in [0.05, 0.1) is 23.0 Å². The molecule has 158 valence electrons. The molecule has 0 saturated carbocycles. The fraction of sp³-hybridized carbons (Fsp3) is 0.154. The summed E-state index contributed by atoms with van der Waals surface area (Å²) in [5, 5.41) is 7.54. The molecular weight excluding hydrogens is 422 g/mol. The van der Waals surface area contributed by atoms with Crippen LogP contribution >= 0.6 is 11.6 Å². The molecule has 0 saturated heterocycles. The van der Waals surface area contributed by atoms with E-state index in [1.165, 1.54) is 0 Å². The van der Waals surface area contributed by atoms with Crippen LogP contribution < -0.4 is 9.64 Å². The molecule has 3 heterocycles. The number of carbonyl (C=O) groups excluding carboxylic acids is 1. The van der Waals surface area contributed by atoms with Crippen molar-refractivity contribution in [2.24, 2.45) is 5.10 Å². The molecule has 3 aliphatic heterocycles. The molecule has 1 spiro atoms. The van der Waals surface area contributed by atoms with Crippen LogP contribution in [0.4, 0.5) is 5.69 Å². The van der Waals surface area contributed by atoms with Gasteiger partial charge in [0.15, 0.2) is 0 Å². The first-order chi connectivity index (χ1) is 15.6. The van der Waals surface area contributed by atoms with Crippen molar-refractivity contribution in [3.8, 4) is 5.75 Å². The van der Waals surface area contributed by atoms with Gasteiger partial charge in [-0.1, -0.05) is 66.2 Å². The number of fused-ring (bicyclic) bond motifs is 6. The molecule has 0 unspecified atom stereocenters. The number of rotatable bonds is 3. The fourth-order valence-corrected chi connectivity index (χ4v) is 5.07. The average Bonchev–Trinajstić information content (AvgIpc) is 3.36. The van der Waals surface area contributed by atoms with Gasteiger partial charge in [0.25, 0.3) is 5.91 Å². The topological polar surface area (TPSA) is 45.1 Å². The Morgan fingerprint density at radius 3 is 2.66 bits per heavy atom. The number of carbonyl (C=O) groups is 1. The number of amides is 1. The van der Waals surface area contributed by atoms with Gasteiger partial charge in [-0.3, -0.25) is 4.79 Å². The van der Waals surface area contributed by atoms with Gasteiger partial charge < -0.3 is 9.64 Å². The summed E-state index contributed by atoms with van der Waals surface area (Å²) in [6.07, 6.45) is 2.40. The van der Waals surface area contributed by atoms with Crippen LogP contribution in [-0.2, 0) is 10.5 Å². The zero-order valence-corrected chi connectivity index (χ0v) is 18.0. The minimum absolute atomic E-state index is 0.119. The predicted molar refractivity (Wildman–Crippen MR) is 125 cm³/mol. The Morgan fingerprint density at radius 1 is 1.09 bits per heavy atom. The number of hydrogen-bond donors (Lipinski definition) is 0. The Hall–Kier alpha value is -3.57. The maximum Gasteiger partial charge on any atom is 0.306 e. The van der Waals surface area contributed by atoms with Crippen molar-refractivity contribution in [3.05, 3.63) is 107 Å². The summed E-state index contributed by atoms with van der Waals surface area (Å²) in [7, 11) is 0. The Kier molecular flexibility index (Phi) is 4.17. The van der Waals surface area contributed by atoms with Gasteiger partial charge >= 0.3 is 5.72 Å². The molecule has 3 aromatic rings. The monoisotopic (exact) mass is 441 g/mol. The van der Waals surface area contributed by atoms with E-state index in [0.29, 0.717) is 23.7 Å². The van der Waals surface area contributed by atoms with Crippen molar-refractivity contribution in [1.29, 1.82) is 0 Å². The number of para-hydroxylation sites is 2. The van der Waals surface area contributed by atoms with E-state index in [4.69, 9.17) is 21.4 Å². The minimum atomic E-state index is -1.35. The Labute approximate surface area is 191 Å². The molecule has 2 atom stereocenters. The lowest BCUT2D eigenvalue weighted by Gasteiger charge is -2.44. The summed E-state index contributed by atoms with van der Waals surface area (Å²) in [5.41, 5.74) is 3.18. The van der Waals surface area contributed by atoms with Crippen LogP contribution in [0.15, 0.2) is 90.6 Å². The van der Waals surface area contributed by atoms with Crippen molar-refractivity contribution in [2.75, 3.05) is 11.4 Å². The molecule has 3 aliphatic rings. The molecule has 0 fully saturated rings. The number of nitrogens with zero attached hydrogens (tertiary/aromatic N) is 3. The third kappa shape index (κ3) is 2.52. The highest BCUT2D eigenvalue weighted by Gasteiger charge is 2.62. The SMILES string of the molecule is C=CCN1C(=O)[C@]2(Oc3ccccc3[C@@H]3CC(c4ccc(Cl)cc4)=NN32)c2ccccc21. The zero-order chi connectivity index (χ0) is 21.9. The van der Waals surface area contributed by atoms with Crippen molar-refractivity contribution in [1.82, 2.24) is 5.01 Å². The minimum Gasteiger partial charge on any atom is -0.453 e. The van der Waals surface area contributed by atoms with Crippen LogP contribution in [0, 0.1) is 0 Å². The molecule has 0 N–H and O–H groups in total. The molecule has 3 aromatic carbocycles. The molecule has 6 rings (SSSR count). The lowest BCUT2D eigenvalue weighted by Crippen LogP contribution is -2.57. The van der Waals surface area contributed by atoms with Crippen molar-refractivity contribution in [2.45, 2.75) is 18.2 Å². The van der Waals surface area contributed by atoms with Crippen LogP contribution in [0.2, 0.25) is 5.02 Å². The van der Waals surface area contributed by atoms with E-state index in [0.717, 1.165) is 28.1 Å². The molecule has 6 heteroatoms. The van der Waals surface area contributed by atoms with Gasteiger partial charge in [-0.05, 0) is 29.8 Å². The molecular formula is C26H20ClN3O2. The van der Waals surface area contributed by atoms with Crippen LogP contribution in [0.25, 0.3) is 0 Å². The normalized spacial score (nSPS) is 22.8. The molecule has 32 heavy (non-hydrogen) atoms. The number of anilines is 1. The van der Waals surface area contributed by atoms with Gasteiger partial charge in [-0.2, -0.15) is 5.10 Å². The maximum atomic E-state index is 14.0. The van der Waals surface area contributed by atoms with E-state index in [1.54, 1.807) is 11.0 Å². The Balaban J connectivity index is 1.57. The Morgan fingerprint density at radius 2 is 1.84 bits per heavy atom. The second-order valence-corrected chi connectivity index (χ2v) is 8.56. The molecule has 1 amide bonds. The number of hydrogen-bond acceptors (Lipinski definition) is 4. The quantitative estimate of drug-likeness (QED) is 0.520. The summed E-state index contributed by atoms with van der Waals surface area (Å²) in [4.78, 5) is 15.7. The largest absolute Gasteiger partial charge is 0.453 e. The number of hydrazone groups is 1. The number of ether oxygens (including phenoxy) is 1. The first-order valence-electron chi connectivity index (χ1n) is 10.6. The van der Waals surface area contributed by atoms with Crippen LogP contribution in [0.1, 0.15) is 29.2 Å². The highest BCUT2D eigenvalue weighted by molar-refractivity contribution is 6.30. The number of benzene rings is 3. The van der Waals surface area contributed by atoms with Crippen molar-refractivity contribution >= 4 is 28.9 Å². The smallest absolute Gasteiger partial charge is 0.306 e. The second-order valence-electron chi connectivity index (χ2n) is 8.12. The molecule has 0 radical (unpaired) electrons. The highest BCUT2D eigenvalue weighted by Crippen LogP contribution is 2.55. The van der Waals surface area contributed by atoms with Gasteiger partial charge in [0, 0.05) is 23.6 Å². The van der Waals surface area contributed by atoms with E-state index in [1.807, 2.05) is 77.8 Å². The standard InChI is InChI=1S/C26H20ClN3O2/c1-2-15-29-22-9-5-4-8-20(22)26(25(29)31)30-23(19-7-3-6-10-24(19)32-26)16-21(28-30)17-11-13-18(27)14-12-17/h2-14,23H,1,15-16H2/t23-,26+/m0/s1. The summed E-state index contributed by atoms with van der Waals surface area (Å²) in [5.74, 6) is 0.559. The first kappa shape index (κ1) is 19.1. The van der Waals surface area contributed by atoms with E-state index in [-0.39, 0.29) is 11.9 Å². The van der Waals surface area contributed by atoms with Gasteiger partial charge in [-0.15, -0.1) is 6.58 Å². The van der Waals surface area contributed by atoms with E-state index in [9.17, 15) is 4.79 Å². The van der Waals surface area contributed by atoms with E-state index < -0.39 is 5.72 Å². The molecule has 0 bridgehead atoms. The van der Waals surface area contributed by atoms with Crippen molar-refractivity contribution in [3.63, 3.8) is 0 Å². The Bertz CT molecular complexity index is 1290. The lowest BCUT2D eigenvalue weighted by molar-refractivity contribution is -0.163. The fourth-order valence-electron chi connectivity index (χ4n) is 4.95. The van der Waals surface area contributed by atoms with Crippen molar-refractivity contribution < 1.29 is 9.53 Å². The molecule has 5 nitrogen and oxygen atoms in total. The zero-order valence-electron chi connectivity index (χ0n) is 17.2. The van der Waals surface area contributed by atoms with E-state index >= 15 is 0 Å². The average molecular weight is 442 g/mol. The van der Waals surface area contributed by atoms with Crippen LogP contribution in [-0.4, -0.2) is 23.2 Å². The number of halogens is 1. The highest BCUT2D eigenvalue weighted by atomic mass is 35.5. The first-order valence-corrected chi connectivity index (χ1v) is 10.9. The summed E-state index contributed by atoms with van der Waals surface area (Å²) in [6.45, 7) is 4.24. The third-order valence-electron chi connectivity index (χ3n) is 6.35. The maximum absolute atomic E-state index is 14.0. The predicted octanol–water partition coefficient (Wildman–Crippen LogP) is 5.27. The van der Waals surface area contributed by atoms with Gasteiger partial charge in [0.1, 0.15) is 5.75 Å². The second kappa shape index (κ2) is 6.97. The van der Waals surface area contributed by atoms with Gasteiger partial charge in [-0.25, -0.2) is 5.01 Å².